The van der Waals surface area contributed by atoms with Crippen LogP contribution in [0, 0.1) is 13.8 Å². The van der Waals surface area contributed by atoms with Crippen molar-refractivity contribution in [1.29, 1.82) is 0 Å². The first-order chi connectivity index (χ1) is 14.0. The van der Waals surface area contributed by atoms with Crippen LogP contribution in [0.1, 0.15) is 46.6 Å². The molecule has 2 amide bonds. The highest BCUT2D eigenvalue weighted by Gasteiger charge is 2.31. The number of anilines is 1. The van der Waals surface area contributed by atoms with Gasteiger partial charge in [0.05, 0.1) is 0 Å². The first-order valence-electron chi connectivity index (χ1n) is 10.4. The second-order valence-corrected chi connectivity index (χ2v) is 8.18. The highest BCUT2D eigenvalue weighted by molar-refractivity contribution is 5.93. The third kappa shape index (κ3) is 4.42. The van der Waals surface area contributed by atoms with Crippen LogP contribution >= 0.6 is 0 Å². The lowest BCUT2D eigenvalue weighted by Crippen LogP contribution is -2.44. The van der Waals surface area contributed by atoms with E-state index in [4.69, 9.17) is 0 Å². The number of carbonyl (C=O) groups excluding carboxylic acids is 2. The van der Waals surface area contributed by atoms with Gasteiger partial charge in [0, 0.05) is 43.0 Å². The van der Waals surface area contributed by atoms with Crippen molar-refractivity contribution in [1.82, 2.24) is 15.2 Å². The Hall–Kier alpha value is -2.89. The molecule has 0 aliphatic carbocycles. The molecule has 0 unspecified atom stereocenters. The van der Waals surface area contributed by atoms with E-state index >= 15 is 0 Å². The molecule has 2 aliphatic rings. The number of para-hydroxylation sites is 1. The van der Waals surface area contributed by atoms with E-state index in [0.717, 1.165) is 36.2 Å². The molecule has 152 valence electrons. The fourth-order valence-electron chi connectivity index (χ4n) is 4.44. The van der Waals surface area contributed by atoms with E-state index in [1.54, 1.807) is 0 Å². The van der Waals surface area contributed by atoms with Gasteiger partial charge in [-0.3, -0.25) is 9.59 Å². The molecule has 0 radical (unpaired) electrons. The number of fused-ring (bicyclic) bond motifs is 1. The molecule has 2 aromatic rings. The molecule has 6 nitrogen and oxygen atoms in total. The van der Waals surface area contributed by atoms with Gasteiger partial charge in [-0.25, -0.2) is 4.98 Å². The van der Waals surface area contributed by atoms with E-state index in [1.165, 1.54) is 5.56 Å². The van der Waals surface area contributed by atoms with Crippen molar-refractivity contribution < 1.29 is 9.59 Å². The number of rotatable bonds is 5. The maximum absolute atomic E-state index is 13.0. The molecule has 1 saturated heterocycles. The Morgan fingerprint density at radius 2 is 2.07 bits per heavy atom. The fraction of sp³-hybridized carbons (Fsp3) is 0.435. The lowest BCUT2D eigenvalue weighted by atomic mass is 10.1. The van der Waals surface area contributed by atoms with E-state index in [0.29, 0.717) is 25.2 Å². The number of likely N-dealkylation sites (tertiary alicyclic amines) is 1. The van der Waals surface area contributed by atoms with Gasteiger partial charge in [0.1, 0.15) is 5.69 Å². The van der Waals surface area contributed by atoms with Crippen molar-refractivity contribution in [2.24, 2.45) is 0 Å². The molecule has 0 bridgehead atoms. The summed E-state index contributed by atoms with van der Waals surface area (Å²) in [6.07, 6.45) is 3.17. The van der Waals surface area contributed by atoms with Gasteiger partial charge in [0.15, 0.2) is 0 Å². The number of pyridine rings is 1. The number of nitrogens with one attached hydrogen (secondary N) is 2. The summed E-state index contributed by atoms with van der Waals surface area (Å²) in [7, 11) is 0. The van der Waals surface area contributed by atoms with Crippen LogP contribution in [-0.2, 0) is 11.2 Å². The van der Waals surface area contributed by atoms with Gasteiger partial charge >= 0.3 is 0 Å². The van der Waals surface area contributed by atoms with E-state index in [9.17, 15) is 9.59 Å². The Kier molecular flexibility index (Phi) is 5.51. The number of hydrogen-bond acceptors (Lipinski definition) is 4. The number of aryl methyl sites for hydroxylation is 2. The molecule has 1 aromatic heterocycles. The van der Waals surface area contributed by atoms with Crippen LogP contribution in [0.15, 0.2) is 36.4 Å². The highest BCUT2D eigenvalue weighted by atomic mass is 16.2. The molecule has 2 atom stereocenters. The maximum Gasteiger partial charge on any atom is 0.272 e. The SMILES string of the molecule is Cc1cc(C)nc(C(=O)N2CCC[C@@H]2CNC(=O)C[C@@H]2Cc3ccccc3N2)c1. The van der Waals surface area contributed by atoms with Crippen LogP contribution in [-0.4, -0.2) is 46.9 Å². The van der Waals surface area contributed by atoms with Crippen LogP contribution in [0.25, 0.3) is 0 Å². The lowest BCUT2D eigenvalue weighted by molar-refractivity contribution is -0.121. The number of benzene rings is 1. The van der Waals surface area contributed by atoms with Gasteiger partial charge < -0.3 is 15.5 Å². The molecule has 1 aromatic carbocycles. The van der Waals surface area contributed by atoms with Gasteiger partial charge in [0.25, 0.3) is 5.91 Å². The second kappa shape index (κ2) is 8.23. The van der Waals surface area contributed by atoms with E-state index < -0.39 is 0 Å². The van der Waals surface area contributed by atoms with Crippen molar-refractivity contribution >= 4 is 17.5 Å². The number of hydrogen-bond donors (Lipinski definition) is 2. The van der Waals surface area contributed by atoms with Crippen molar-refractivity contribution in [3.63, 3.8) is 0 Å². The number of aromatic nitrogens is 1. The number of carbonyl (C=O) groups is 2. The molecule has 2 N–H and O–H groups in total. The Morgan fingerprint density at radius 3 is 2.86 bits per heavy atom. The largest absolute Gasteiger partial charge is 0.381 e. The monoisotopic (exact) mass is 392 g/mol. The molecular weight excluding hydrogens is 364 g/mol. The zero-order chi connectivity index (χ0) is 20.4. The molecule has 0 saturated carbocycles. The first-order valence-corrected chi connectivity index (χ1v) is 10.4. The Morgan fingerprint density at radius 1 is 1.24 bits per heavy atom. The molecule has 2 aliphatic heterocycles. The second-order valence-electron chi connectivity index (χ2n) is 8.18. The van der Waals surface area contributed by atoms with E-state index in [-0.39, 0.29) is 23.9 Å². The van der Waals surface area contributed by atoms with Crippen molar-refractivity contribution in [3.8, 4) is 0 Å². The van der Waals surface area contributed by atoms with E-state index in [1.807, 2.05) is 43.0 Å². The Labute approximate surface area is 171 Å². The molecule has 6 heteroatoms. The standard InChI is InChI=1S/C23H28N4O2/c1-15-10-16(2)25-21(11-15)23(29)27-9-5-7-19(27)14-24-22(28)13-18-12-17-6-3-4-8-20(17)26-18/h3-4,6,8,10-11,18-19,26H,5,7,9,12-14H2,1-2H3,(H,24,28)/t18-,19+/m0/s1. The average Bonchev–Trinajstić information content (AvgIpc) is 3.31. The van der Waals surface area contributed by atoms with Gasteiger partial charge in [0.2, 0.25) is 5.91 Å². The molecule has 4 rings (SSSR count). The summed E-state index contributed by atoms with van der Waals surface area (Å²) in [6, 6.07) is 12.2. The van der Waals surface area contributed by atoms with Crippen LogP contribution in [0.4, 0.5) is 5.69 Å². The summed E-state index contributed by atoms with van der Waals surface area (Å²) in [4.78, 5) is 31.7. The zero-order valence-corrected chi connectivity index (χ0v) is 17.1. The maximum atomic E-state index is 13.0. The molecule has 3 heterocycles. The van der Waals surface area contributed by atoms with E-state index in [2.05, 4.69) is 27.8 Å². The molecule has 1 fully saturated rings. The number of amides is 2. The van der Waals surface area contributed by atoms with Gasteiger partial charge in [-0.05, 0) is 62.4 Å². The zero-order valence-electron chi connectivity index (χ0n) is 17.1. The van der Waals surface area contributed by atoms with Crippen LogP contribution in [0.5, 0.6) is 0 Å². The third-order valence-corrected chi connectivity index (χ3v) is 5.76. The smallest absolute Gasteiger partial charge is 0.272 e. The van der Waals surface area contributed by atoms with Crippen molar-refractivity contribution in [2.45, 2.75) is 51.6 Å². The fourth-order valence-corrected chi connectivity index (χ4v) is 4.44. The molecule has 29 heavy (non-hydrogen) atoms. The summed E-state index contributed by atoms with van der Waals surface area (Å²) in [5, 5.41) is 6.46. The molecular formula is C23H28N4O2. The minimum atomic E-state index is -0.0403. The summed E-state index contributed by atoms with van der Waals surface area (Å²) in [5.74, 6) is -0.0133. The first kappa shape index (κ1) is 19.4. The van der Waals surface area contributed by atoms with Crippen LogP contribution in [0.2, 0.25) is 0 Å². The van der Waals surface area contributed by atoms with Crippen LogP contribution < -0.4 is 10.6 Å². The minimum Gasteiger partial charge on any atom is -0.381 e. The average molecular weight is 393 g/mol. The molecule has 0 spiro atoms. The summed E-state index contributed by atoms with van der Waals surface area (Å²) in [5.41, 5.74) is 4.77. The summed E-state index contributed by atoms with van der Waals surface area (Å²) in [6.45, 7) is 5.09. The minimum absolute atomic E-state index is 0.0270. The van der Waals surface area contributed by atoms with Gasteiger partial charge in [-0.2, -0.15) is 0 Å². The van der Waals surface area contributed by atoms with Gasteiger partial charge in [-0.1, -0.05) is 18.2 Å². The predicted octanol–water partition coefficient (Wildman–Crippen LogP) is 2.85. The number of nitrogens with zero attached hydrogens (tertiary/aromatic N) is 2. The Bertz CT molecular complexity index is 882. The lowest BCUT2D eigenvalue weighted by Gasteiger charge is -2.25. The van der Waals surface area contributed by atoms with Crippen LogP contribution in [0.3, 0.4) is 0 Å². The predicted molar refractivity (Wildman–Crippen MR) is 113 cm³/mol. The quantitative estimate of drug-likeness (QED) is 0.821. The third-order valence-electron chi connectivity index (χ3n) is 5.76. The summed E-state index contributed by atoms with van der Waals surface area (Å²) < 4.78 is 0. The Balaban J connectivity index is 1.31. The van der Waals surface area contributed by atoms with Crippen molar-refractivity contribution in [3.05, 3.63) is 58.9 Å². The highest BCUT2D eigenvalue weighted by Crippen LogP contribution is 2.26. The topological polar surface area (TPSA) is 74.3 Å². The van der Waals surface area contributed by atoms with Gasteiger partial charge in [-0.15, -0.1) is 0 Å². The normalized spacial score (nSPS) is 20.3. The summed E-state index contributed by atoms with van der Waals surface area (Å²) >= 11 is 0. The van der Waals surface area contributed by atoms with Crippen molar-refractivity contribution in [2.75, 3.05) is 18.4 Å².